The van der Waals surface area contributed by atoms with Gasteiger partial charge in [0.25, 0.3) is 0 Å². The van der Waals surface area contributed by atoms with Crippen LogP contribution in [-0.2, 0) is 25.5 Å². The Morgan fingerprint density at radius 1 is 1.07 bits per heavy atom. The molecule has 2 aromatic rings. The molecule has 5 rings (SSSR count). The Hall–Kier alpha value is -3.18. The van der Waals surface area contributed by atoms with E-state index in [1.54, 1.807) is 0 Å². The number of hydrogen-bond donors (Lipinski definition) is 2. The number of phenolic OH excluding ortho intramolecular Hbond substituents is 1. The first-order chi connectivity index (χ1) is 19.1. The average molecular weight is 574 g/mol. The van der Waals surface area contributed by atoms with Gasteiger partial charge in [0, 0.05) is 25.1 Å². The number of phenols is 1. The summed E-state index contributed by atoms with van der Waals surface area (Å²) in [6.45, 7) is 3.74. The summed E-state index contributed by atoms with van der Waals surface area (Å²) in [5.41, 5.74) is -1.66. The highest BCUT2D eigenvalue weighted by molar-refractivity contribution is 6.21. The predicted octanol–water partition coefficient (Wildman–Crippen LogP) is 2.84. The molecule has 0 spiro atoms. The normalized spacial score (nSPS) is 28.5. The number of hydrogen-bond acceptors (Lipinski definition) is 10. The van der Waals surface area contributed by atoms with Crippen LogP contribution in [0.4, 0.5) is 0 Å². The third-order valence-corrected chi connectivity index (χ3v) is 8.70. The molecular formula is C29H32ClNO9. The highest BCUT2D eigenvalue weighted by atomic mass is 35.5. The summed E-state index contributed by atoms with van der Waals surface area (Å²) in [7, 11) is 0. The Kier molecular flexibility index (Phi) is 8.05. The van der Waals surface area contributed by atoms with Gasteiger partial charge in [0.05, 0.1) is 18.4 Å². The van der Waals surface area contributed by atoms with Gasteiger partial charge in [-0.2, -0.15) is 0 Å². The molecule has 0 amide bonds. The molecule has 11 heteroatoms. The number of aliphatic hydroxyl groups is 1. The fourth-order valence-electron chi connectivity index (χ4n) is 5.63. The van der Waals surface area contributed by atoms with Crippen LogP contribution in [0.15, 0.2) is 42.5 Å². The fraction of sp³-hybridized carbons (Fsp3) is 0.483. The minimum Gasteiger partial charge on any atom is -0.504 e. The second kappa shape index (κ2) is 11.4. The van der Waals surface area contributed by atoms with Crippen LogP contribution in [0.1, 0.15) is 31.7 Å². The maximum absolute atomic E-state index is 13.4. The monoisotopic (exact) mass is 573 g/mol. The third-order valence-electron chi connectivity index (χ3n) is 8.10. The molecular weight excluding hydrogens is 542 g/mol. The van der Waals surface area contributed by atoms with Gasteiger partial charge < -0.3 is 34.1 Å². The zero-order valence-corrected chi connectivity index (χ0v) is 22.9. The predicted molar refractivity (Wildman–Crippen MR) is 142 cm³/mol. The van der Waals surface area contributed by atoms with E-state index in [0.29, 0.717) is 32.7 Å². The number of likely N-dealkylation sites (tertiary alicyclic amines) is 1. The van der Waals surface area contributed by atoms with Gasteiger partial charge in [-0.15, -0.1) is 11.6 Å². The number of carbonyl (C=O) groups is 3. The molecule has 40 heavy (non-hydrogen) atoms. The molecule has 214 valence electrons. The van der Waals surface area contributed by atoms with Gasteiger partial charge in [0.15, 0.2) is 17.1 Å². The Labute approximate surface area is 236 Å². The van der Waals surface area contributed by atoms with E-state index in [-0.39, 0.29) is 23.1 Å². The van der Waals surface area contributed by atoms with Crippen LogP contribution >= 0.6 is 11.6 Å². The molecule has 2 bridgehead atoms. The molecule has 0 radical (unpaired) electrons. The van der Waals surface area contributed by atoms with E-state index < -0.39 is 53.1 Å². The number of fused-ring (bicyclic) bond motifs is 2. The lowest BCUT2D eigenvalue weighted by atomic mass is 9.73. The first kappa shape index (κ1) is 28.4. The molecule has 0 aliphatic carbocycles. The van der Waals surface area contributed by atoms with Gasteiger partial charge in [-0.25, -0.2) is 4.79 Å². The lowest BCUT2D eigenvalue weighted by molar-refractivity contribution is -0.180. The number of aromatic hydroxyl groups is 1. The first-order valence-corrected chi connectivity index (χ1v) is 13.8. The molecule has 1 fully saturated rings. The van der Waals surface area contributed by atoms with Crippen molar-refractivity contribution in [2.45, 2.75) is 43.6 Å². The van der Waals surface area contributed by atoms with Crippen molar-refractivity contribution >= 4 is 29.5 Å². The summed E-state index contributed by atoms with van der Waals surface area (Å²) >= 11 is 7.03. The van der Waals surface area contributed by atoms with E-state index >= 15 is 0 Å². The number of rotatable bonds is 8. The summed E-state index contributed by atoms with van der Waals surface area (Å²) in [6.07, 6.45) is 1.43. The summed E-state index contributed by atoms with van der Waals surface area (Å²) in [5.74, 6) is -6.17. The van der Waals surface area contributed by atoms with Crippen molar-refractivity contribution < 1.29 is 43.5 Å². The topological polar surface area (TPSA) is 132 Å². The maximum atomic E-state index is 13.4. The molecule has 0 saturated carbocycles. The largest absolute Gasteiger partial charge is 0.504 e. The standard InChI is InChI=1S/C29H32ClNO9/c1-2-37-17-28(11-10-18-6-4-3-5-7-18)12-13-31(16-22(28)30)15-19-26(34)38-21-9-8-20(32)24-25(21)40-27(35)29(19,36)14-23(33)39-24/h3-9,19,22,32,36H,2,10-17H2,1H3. The van der Waals surface area contributed by atoms with Crippen LogP contribution in [0, 0.1) is 11.3 Å². The van der Waals surface area contributed by atoms with E-state index in [4.69, 9.17) is 30.5 Å². The Bertz CT molecular complexity index is 1290. The second-order valence-electron chi connectivity index (χ2n) is 10.6. The van der Waals surface area contributed by atoms with E-state index in [9.17, 15) is 24.6 Å². The van der Waals surface area contributed by atoms with Crippen molar-refractivity contribution in [1.82, 2.24) is 4.90 Å². The number of aryl methyl sites for hydroxylation is 1. The van der Waals surface area contributed by atoms with Gasteiger partial charge in [0.2, 0.25) is 11.5 Å². The molecule has 3 aliphatic heterocycles. The van der Waals surface area contributed by atoms with E-state index in [1.807, 2.05) is 30.0 Å². The van der Waals surface area contributed by atoms with Gasteiger partial charge in [0.1, 0.15) is 5.92 Å². The molecule has 4 unspecified atom stereocenters. The van der Waals surface area contributed by atoms with E-state index in [0.717, 1.165) is 18.9 Å². The number of esters is 3. The first-order valence-electron chi connectivity index (χ1n) is 13.4. The molecule has 10 nitrogen and oxygen atoms in total. The van der Waals surface area contributed by atoms with Crippen molar-refractivity contribution in [3.05, 3.63) is 48.0 Å². The Morgan fingerprint density at radius 3 is 2.58 bits per heavy atom. The molecule has 1 saturated heterocycles. The average Bonchev–Trinajstić information content (AvgIpc) is 2.93. The lowest BCUT2D eigenvalue weighted by Gasteiger charge is -2.47. The van der Waals surface area contributed by atoms with Crippen molar-refractivity contribution in [1.29, 1.82) is 0 Å². The molecule has 3 aliphatic rings. The zero-order chi connectivity index (χ0) is 28.5. The molecule has 0 aromatic heterocycles. The summed E-state index contributed by atoms with van der Waals surface area (Å²) < 4.78 is 21.9. The Morgan fingerprint density at radius 2 is 1.85 bits per heavy atom. The number of alkyl halides is 1. The summed E-state index contributed by atoms with van der Waals surface area (Å²) in [5, 5.41) is 21.2. The third kappa shape index (κ3) is 5.41. The summed E-state index contributed by atoms with van der Waals surface area (Å²) in [6, 6.07) is 12.5. The van der Waals surface area contributed by atoms with Gasteiger partial charge in [-0.05, 0) is 50.4 Å². The molecule has 2 N–H and O–H groups in total. The van der Waals surface area contributed by atoms with E-state index in [1.165, 1.54) is 11.6 Å². The van der Waals surface area contributed by atoms with Crippen LogP contribution in [0.5, 0.6) is 23.0 Å². The van der Waals surface area contributed by atoms with Crippen LogP contribution in [0.3, 0.4) is 0 Å². The lowest BCUT2D eigenvalue weighted by Crippen LogP contribution is -2.60. The minimum absolute atomic E-state index is 0.107. The smallest absolute Gasteiger partial charge is 0.345 e. The van der Waals surface area contributed by atoms with Crippen molar-refractivity contribution in [2.75, 3.05) is 32.8 Å². The number of nitrogens with zero attached hydrogens (tertiary/aromatic N) is 1. The van der Waals surface area contributed by atoms with Crippen LogP contribution in [0.25, 0.3) is 0 Å². The number of piperidine rings is 1. The van der Waals surface area contributed by atoms with E-state index in [2.05, 4.69) is 12.1 Å². The molecule has 4 atom stereocenters. The van der Waals surface area contributed by atoms with Crippen molar-refractivity contribution in [3.63, 3.8) is 0 Å². The summed E-state index contributed by atoms with van der Waals surface area (Å²) in [4.78, 5) is 41.1. The number of benzene rings is 2. The zero-order valence-electron chi connectivity index (χ0n) is 22.1. The highest BCUT2D eigenvalue weighted by Gasteiger charge is 2.56. The molecule has 3 heterocycles. The second-order valence-corrected chi connectivity index (χ2v) is 11.2. The Balaban J connectivity index is 1.37. The SMILES string of the molecule is CCOCC1(CCc2ccccc2)CCN(CC2C(=O)Oc3ccc(O)c4c3OC(=O)C2(O)CC(=O)O4)CC1Cl. The van der Waals surface area contributed by atoms with Gasteiger partial charge in [-0.3, -0.25) is 9.59 Å². The minimum atomic E-state index is -2.55. The molecule has 2 aromatic carbocycles. The highest BCUT2D eigenvalue weighted by Crippen LogP contribution is 2.48. The van der Waals surface area contributed by atoms with Crippen LogP contribution < -0.4 is 14.2 Å². The number of ether oxygens (including phenoxy) is 4. The number of carbonyl (C=O) groups excluding carboxylic acids is 3. The van der Waals surface area contributed by atoms with Crippen molar-refractivity contribution in [3.8, 4) is 23.0 Å². The quantitative estimate of drug-likeness (QED) is 0.276. The van der Waals surface area contributed by atoms with Crippen molar-refractivity contribution in [2.24, 2.45) is 11.3 Å². The fourth-order valence-corrected chi connectivity index (χ4v) is 6.11. The van der Waals surface area contributed by atoms with Gasteiger partial charge in [-0.1, -0.05) is 30.3 Å². The van der Waals surface area contributed by atoms with Crippen LogP contribution in [0.2, 0.25) is 0 Å². The maximum Gasteiger partial charge on any atom is 0.345 e. The number of halogens is 1. The van der Waals surface area contributed by atoms with Gasteiger partial charge >= 0.3 is 17.9 Å². The van der Waals surface area contributed by atoms with Crippen LogP contribution in [-0.4, -0.2) is 76.8 Å².